The lowest BCUT2D eigenvalue weighted by atomic mass is 10.1. The molecule has 0 bridgehead atoms. The first-order valence-electron chi connectivity index (χ1n) is 10.3. The van der Waals surface area contributed by atoms with E-state index in [1.54, 1.807) is 4.90 Å². The van der Waals surface area contributed by atoms with E-state index in [1.165, 1.54) is 28.4 Å². The number of aromatic nitrogens is 1. The topological polar surface area (TPSA) is 39.3 Å². The molecule has 3 aromatic rings. The maximum Gasteiger partial charge on any atom is 0.266 e. The first-order valence-corrected chi connectivity index (χ1v) is 11.5. The number of benzene rings is 2. The fourth-order valence-electron chi connectivity index (χ4n) is 3.78. The van der Waals surface area contributed by atoms with E-state index in [0.717, 1.165) is 30.6 Å². The molecule has 1 amide bonds. The van der Waals surface area contributed by atoms with Crippen molar-refractivity contribution < 1.29 is 4.79 Å². The van der Waals surface area contributed by atoms with Crippen LogP contribution in [-0.2, 0) is 11.2 Å². The summed E-state index contributed by atoms with van der Waals surface area (Å²) in [5, 5.41) is 1.20. The SMILES string of the molecule is CCN(CC)c1ccc(/C=C2\SC(=S)N(CCc3c[nH]c4ccccc34)C2=O)cc1. The molecule has 4 nitrogen and oxygen atoms in total. The Kier molecular flexibility index (Phi) is 6.25. The average Bonchev–Trinajstić information content (AvgIpc) is 3.29. The van der Waals surface area contributed by atoms with Gasteiger partial charge < -0.3 is 9.88 Å². The highest BCUT2D eigenvalue weighted by Gasteiger charge is 2.31. The molecule has 0 spiro atoms. The van der Waals surface area contributed by atoms with Crippen molar-refractivity contribution in [3.8, 4) is 0 Å². The standard InChI is InChI=1S/C24H25N3OS2/c1-3-26(4-2)19-11-9-17(10-12-19)15-22-23(28)27(24(29)30-22)14-13-18-16-25-21-8-6-5-7-20(18)21/h5-12,15-16,25H,3-4,13-14H2,1-2H3/b22-15-. The van der Waals surface area contributed by atoms with Gasteiger partial charge in [-0.25, -0.2) is 0 Å². The van der Waals surface area contributed by atoms with E-state index < -0.39 is 0 Å². The average molecular weight is 436 g/mol. The van der Waals surface area contributed by atoms with E-state index in [4.69, 9.17) is 12.2 Å². The molecule has 4 rings (SSSR count). The van der Waals surface area contributed by atoms with Crippen molar-refractivity contribution in [2.75, 3.05) is 24.5 Å². The van der Waals surface area contributed by atoms with Crippen LogP contribution in [0.25, 0.3) is 17.0 Å². The molecule has 0 radical (unpaired) electrons. The Bertz CT molecular complexity index is 1100. The van der Waals surface area contributed by atoms with Gasteiger partial charge in [0.25, 0.3) is 5.91 Å². The fourth-order valence-corrected chi connectivity index (χ4v) is 5.09. The summed E-state index contributed by atoms with van der Waals surface area (Å²) in [6, 6.07) is 16.6. The number of thiocarbonyl (C=S) groups is 1. The summed E-state index contributed by atoms with van der Waals surface area (Å²) < 4.78 is 0.630. The number of hydrogen-bond acceptors (Lipinski definition) is 4. The molecule has 2 aromatic carbocycles. The molecule has 30 heavy (non-hydrogen) atoms. The maximum absolute atomic E-state index is 12.9. The minimum atomic E-state index is -0.00217. The second kappa shape index (κ2) is 9.06. The zero-order valence-electron chi connectivity index (χ0n) is 17.2. The number of aromatic amines is 1. The molecular formula is C24H25N3OS2. The molecule has 0 saturated carbocycles. The quantitative estimate of drug-likeness (QED) is 0.395. The second-order valence-corrected chi connectivity index (χ2v) is 8.88. The van der Waals surface area contributed by atoms with Gasteiger partial charge in [-0.15, -0.1) is 0 Å². The van der Waals surface area contributed by atoms with Crippen molar-refractivity contribution in [3.63, 3.8) is 0 Å². The number of anilines is 1. The van der Waals surface area contributed by atoms with Crippen molar-refractivity contribution >= 4 is 56.9 Å². The van der Waals surface area contributed by atoms with Crippen LogP contribution in [0.15, 0.2) is 59.6 Å². The first-order chi connectivity index (χ1) is 14.6. The summed E-state index contributed by atoms with van der Waals surface area (Å²) in [6.45, 7) is 6.85. The zero-order chi connectivity index (χ0) is 21.1. The van der Waals surface area contributed by atoms with Crippen molar-refractivity contribution in [2.45, 2.75) is 20.3 Å². The predicted octanol–water partition coefficient (Wildman–Crippen LogP) is 5.46. The van der Waals surface area contributed by atoms with Gasteiger partial charge in [-0.3, -0.25) is 9.69 Å². The molecule has 0 atom stereocenters. The number of nitrogens with one attached hydrogen (secondary N) is 1. The molecular weight excluding hydrogens is 410 g/mol. The normalized spacial score (nSPS) is 15.5. The molecule has 1 saturated heterocycles. The van der Waals surface area contributed by atoms with Crippen LogP contribution >= 0.6 is 24.0 Å². The number of amides is 1. The Morgan fingerprint density at radius 1 is 1.10 bits per heavy atom. The second-order valence-electron chi connectivity index (χ2n) is 7.21. The summed E-state index contributed by atoms with van der Waals surface area (Å²) in [5.74, 6) is -0.00217. The van der Waals surface area contributed by atoms with E-state index >= 15 is 0 Å². The Labute approximate surface area is 186 Å². The summed E-state index contributed by atoms with van der Waals surface area (Å²) in [4.78, 5) is 20.9. The molecule has 0 unspecified atom stereocenters. The van der Waals surface area contributed by atoms with Crippen molar-refractivity contribution in [3.05, 3.63) is 70.8 Å². The van der Waals surface area contributed by atoms with E-state index in [9.17, 15) is 4.79 Å². The molecule has 1 N–H and O–H groups in total. The Hall–Kier alpha value is -2.57. The van der Waals surface area contributed by atoms with Gasteiger partial charge in [0.2, 0.25) is 0 Å². The van der Waals surface area contributed by atoms with Crippen LogP contribution in [0.3, 0.4) is 0 Å². The Morgan fingerprint density at radius 2 is 1.83 bits per heavy atom. The van der Waals surface area contributed by atoms with E-state index in [0.29, 0.717) is 15.8 Å². The lowest BCUT2D eigenvalue weighted by molar-refractivity contribution is -0.122. The van der Waals surface area contributed by atoms with E-state index in [2.05, 4.69) is 60.1 Å². The fraction of sp³-hybridized carbons (Fsp3) is 0.250. The van der Waals surface area contributed by atoms with Crippen molar-refractivity contribution in [2.24, 2.45) is 0 Å². The molecule has 1 fully saturated rings. The third-order valence-corrected chi connectivity index (χ3v) is 6.85. The highest BCUT2D eigenvalue weighted by atomic mass is 32.2. The molecule has 0 aliphatic carbocycles. The molecule has 1 aromatic heterocycles. The van der Waals surface area contributed by atoms with Crippen LogP contribution in [0.5, 0.6) is 0 Å². The Morgan fingerprint density at radius 3 is 2.57 bits per heavy atom. The summed E-state index contributed by atoms with van der Waals surface area (Å²) in [5.41, 5.74) is 4.54. The predicted molar refractivity (Wildman–Crippen MR) is 132 cm³/mol. The van der Waals surface area contributed by atoms with Crippen LogP contribution in [-0.4, -0.2) is 39.7 Å². The number of para-hydroxylation sites is 1. The van der Waals surface area contributed by atoms with Gasteiger partial charge in [-0.2, -0.15) is 0 Å². The lowest BCUT2D eigenvalue weighted by Crippen LogP contribution is -2.30. The minimum absolute atomic E-state index is 0.00217. The number of H-pyrrole nitrogens is 1. The van der Waals surface area contributed by atoms with Crippen LogP contribution < -0.4 is 4.90 Å². The summed E-state index contributed by atoms with van der Waals surface area (Å²) in [6.07, 6.45) is 4.73. The van der Waals surface area contributed by atoms with Crippen LogP contribution in [0.4, 0.5) is 5.69 Å². The van der Waals surface area contributed by atoms with E-state index in [1.807, 2.05) is 24.4 Å². The number of nitrogens with zero attached hydrogens (tertiary/aromatic N) is 2. The summed E-state index contributed by atoms with van der Waals surface area (Å²) in [7, 11) is 0. The van der Waals surface area contributed by atoms with Crippen LogP contribution in [0.1, 0.15) is 25.0 Å². The maximum atomic E-state index is 12.9. The minimum Gasteiger partial charge on any atom is -0.372 e. The first kappa shape index (κ1) is 20.7. The highest BCUT2D eigenvalue weighted by molar-refractivity contribution is 8.26. The number of thioether (sulfide) groups is 1. The number of carbonyl (C=O) groups is 1. The number of rotatable bonds is 7. The van der Waals surface area contributed by atoms with Crippen molar-refractivity contribution in [1.82, 2.24) is 9.88 Å². The van der Waals surface area contributed by atoms with Crippen LogP contribution in [0, 0.1) is 0 Å². The van der Waals surface area contributed by atoms with Gasteiger partial charge in [0, 0.05) is 42.4 Å². The highest BCUT2D eigenvalue weighted by Crippen LogP contribution is 2.33. The van der Waals surface area contributed by atoms with Crippen molar-refractivity contribution in [1.29, 1.82) is 0 Å². The third kappa shape index (κ3) is 4.16. The molecule has 2 heterocycles. The monoisotopic (exact) mass is 435 g/mol. The largest absolute Gasteiger partial charge is 0.372 e. The van der Waals surface area contributed by atoms with Gasteiger partial charge in [0.1, 0.15) is 4.32 Å². The van der Waals surface area contributed by atoms with Crippen LogP contribution in [0.2, 0.25) is 0 Å². The van der Waals surface area contributed by atoms with Gasteiger partial charge in [0.15, 0.2) is 0 Å². The number of carbonyl (C=O) groups excluding carboxylic acids is 1. The zero-order valence-corrected chi connectivity index (χ0v) is 18.9. The lowest BCUT2D eigenvalue weighted by Gasteiger charge is -2.20. The van der Waals surface area contributed by atoms with Gasteiger partial charge in [0.05, 0.1) is 4.91 Å². The van der Waals surface area contributed by atoms with E-state index in [-0.39, 0.29) is 5.91 Å². The third-order valence-electron chi connectivity index (χ3n) is 5.47. The number of hydrogen-bond donors (Lipinski definition) is 1. The molecule has 1 aliphatic heterocycles. The van der Waals surface area contributed by atoms with Gasteiger partial charge >= 0.3 is 0 Å². The molecule has 1 aliphatic rings. The molecule has 154 valence electrons. The summed E-state index contributed by atoms with van der Waals surface area (Å²) >= 11 is 6.89. The van der Waals surface area contributed by atoms with Gasteiger partial charge in [-0.05, 0) is 55.7 Å². The van der Waals surface area contributed by atoms with Gasteiger partial charge in [-0.1, -0.05) is 54.3 Å². The molecule has 6 heteroatoms. The number of fused-ring (bicyclic) bond motifs is 1. The Balaban J connectivity index is 1.45. The smallest absolute Gasteiger partial charge is 0.266 e.